The minimum absolute atomic E-state index is 0.797. The number of ether oxygens (including phenoxy) is 2. The lowest BCUT2D eigenvalue weighted by atomic mass is 10.3. The van der Waals surface area contributed by atoms with Gasteiger partial charge in [-0.15, -0.1) is 0 Å². The number of methoxy groups -OCH3 is 1. The number of rotatable bonds is 9. The van der Waals surface area contributed by atoms with E-state index in [9.17, 15) is 0 Å². The summed E-state index contributed by atoms with van der Waals surface area (Å²) in [7, 11) is 1.72. The fourth-order valence-corrected chi connectivity index (χ4v) is 0.898. The zero-order chi connectivity index (χ0) is 9.07. The maximum absolute atomic E-state index is 5.21. The third-order valence-electron chi connectivity index (χ3n) is 1.58. The molecule has 0 rings (SSSR count). The van der Waals surface area contributed by atoms with Crippen LogP contribution in [0.25, 0.3) is 0 Å². The van der Waals surface area contributed by atoms with Gasteiger partial charge in [-0.25, -0.2) is 0 Å². The van der Waals surface area contributed by atoms with Gasteiger partial charge in [-0.3, -0.25) is 0 Å². The smallest absolute Gasteiger partial charge is 0.0587 e. The molecule has 0 radical (unpaired) electrons. The minimum Gasteiger partial charge on any atom is -0.383 e. The van der Waals surface area contributed by atoms with E-state index in [1.54, 1.807) is 7.11 Å². The Kier molecular flexibility index (Phi) is 10.8. The van der Waals surface area contributed by atoms with Crippen LogP contribution in [-0.4, -0.2) is 40.0 Å². The molecule has 0 bridgehead atoms. The summed E-state index contributed by atoms with van der Waals surface area (Å²) in [6.07, 6.45) is 2.33. The van der Waals surface area contributed by atoms with Gasteiger partial charge in [-0.2, -0.15) is 0 Å². The van der Waals surface area contributed by atoms with E-state index in [2.05, 4.69) is 5.32 Å². The molecule has 0 aromatic rings. The summed E-state index contributed by atoms with van der Waals surface area (Å²) in [5, 5.41) is 3.28. The predicted molar refractivity (Wildman–Crippen MR) is 50.5 cm³/mol. The molecule has 0 aromatic heterocycles. The lowest BCUT2D eigenvalue weighted by Gasteiger charge is -2.03. The largest absolute Gasteiger partial charge is 0.383 e. The van der Waals surface area contributed by atoms with Crippen LogP contribution in [0.15, 0.2) is 0 Å². The van der Waals surface area contributed by atoms with Crippen LogP contribution in [0.3, 0.4) is 0 Å². The summed E-state index contributed by atoms with van der Waals surface area (Å²) in [5.41, 5.74) is 0. The maximum Gasteiger partial charge on any atom is 0.0587 e. The Balaban J connectivity index is 2.73. The van der Waals surface area contributed by atoms with Gasteiger partial charge in [-0.1, -0.05) is 0 Å². The highest BCUT2D eigenvalue weighted by Gasteiger charge is 1.88. The third kappa shape index (κ3) is 9.88. The minimum atomic E-state index is 0.797. The molecule has 0 saturated carbocycles. The highest BCUT2D eigenvalue weighted by molar-refractivity contribution is 4.46. The van der Waals surface area contributed by atoms with E-state index in [-0.39, 0.29) is 0 Å². The number of nitrogens with one attached hydrogen (secondary N) is 1. The molecule has 74 valence electrons. The Morgan fingerprint density at radius 1 is 1.08 bits per heavy atom. The molecule has 0 spiro atoms. The van der Waals surface area contributed by atoms with E-state index in [0.29, 0.717) is 0 Å². The molecule has 0 unspecified atom stereocenters. The summed E-state index contributed by atoms with van der Waals surface area (Å²) >= 11 is 0. The molecule has 3 nitrogen and oxygen atoms in total. The molecule has 0 atom stereocenters. The fraction of sp³-hybridized carbons (Fsp3) is 1.00. The van der Waals surface area contributed by atoms with Crippen LogP contribution in [0.5, 0.6) is 0 Å². The van der Waals surface area contributed by atoms with Gasteiger partial charge in [0.15, 0.2) is 0 Å². The molecule has 0 saturated heterocycles. The van der Waals surface area contributed by atoms with E-state index >= 15 is 0 Å². The van der Waals surface area contributed by atoms with Crippen molar-refractivity contribution in [3.8, 4) is 0 Å². The van der Waals surface area contributed by atoms with Crippen molar-refractivity contribution >= 4 is 0 Å². The second-order valence-corrected chi connectivity index (χ2v) is 2.65. The van der Waals surface area contributed by atoms with Crippen molar-refractivity contribution in [2.24, 2.45) is 0 Å². The fourth-order valence-electron chi connectivity index (χ4n) is 0.898. The van der Waals surface area contributed by atoms with Gasteiger partial charge in [0.2, 0.25) is 0 Å². The molecule has 0 aliphatic carbocycles. The Morgan fingerprint density at radius 2 is 1.92 bits per heavy atom. The van der Waals surface area contributed by atoms with Gasteiger partial charge >= 0.3 is 0 Å². The summed E-state index contributed by atoms with van der Waals surface area (Å²) in [5.74, 6) is 0. The first-order valence-corrected chi connectivity index (χ1v) is 4.69. The van der Waals surface area contributed by atoms with Crippen molar-refractivity contribution in [3.05, 3.63) is 0 Å². The van der Waals surface area contributed by atoms with Crippen molar-refractivity contribution in [1.82, 2.24) is 5.32 Å². The summed E-state index contributed by atoms with van der Waals surface area (Å²) in [6.45, 7) is 6.56. The first-order chi connectivity index (χ1) is 5.91. The normalized spacial score (nSPS) is 10.5. The van der Waals surface area contributed by atoms with E-state index in [1.807, 2.05) is 6.92 Å². The van der Waals surface area contributed by atoms with Gasteiger partial charge in [0.25, 0.3) is 0 Å². The number of hydrogen-bond donors (Lipinski definition) is 1. The van der Waals surface area contributed by atoms with Crippen molar-refractivity contribution in [2.75, 3.05) is 40.0 Å². The maximum atomic E-state index is 5.21. The third-order valence-corrected chi connectivity index (χ3v) is 1.58. The van der Waals surface area contributed by atoms with Gasteiger partial charge in [0.05, 0.1) is 6.61 Å². The van der Waals surface area contributed by atoms with Gasteiger partial charge < -0.3 is 14.8 Å². The van der Waals surface area contributed by atoms with Crippen LogP contribution < -0.4 is 5.32 Å². The lowest BCUT2D eigenvalue weighted by Crippen LogP contribution is -2.20. The van der Waals surface area contributed by atoms with E-state index in [4.69, 9.17) is 9.47 Å². The van der Waals surface area contributed by atoms with Gasteiger partial charge in [-0.05, 0) is 26.3 Å². The monoisotopic (exact) mass is 175 g/mol. The van der Waals surface area contributed by atoms with Crippen LogP contribution in [0.2, 0.25) is 0 Å². The van der Waals surface area contributed by atoms with Crippen molar-refractivity contribution < 1.29 is 9.47 Å². The molecule has 3 heteroatoms. The van der Waals surface area contributed by atoms with Crippen LogP contribution in [0.4, 0.5) is 0 Å². The summed E-state index contributed by atoms with van der Waals surface area (Å²) < 4.78 is 10.1. The van der Waals surface area contributed by atoms with Crippen molar-refractivity contribution in [3.63, 3.8) is 0 Å². The second-order valence-electron chi connectivity index (χ2n) is 2.65. The first kappa shape index (κ1) is 11.9. The van der Waals surface area contributed by atoms with Crippen LogP contribution >= 0.6 is 0 Å². The average molecular weight is 175 g/mol. The number of unbranched alkanes of at least 4 members (excludes halogenated alkanes) is 1. The van der Waals surface area contributed by atoms with E-state index in [1.165, 1.54) is 6.42 Å². The lowest BCUT2D eigenvalue weighted by molar-refractivity contribution is 0.143. The Morgan fingerprint density at radius 3 is 2.58 bits per heavy atom. The van der Waals surface area contributed by atoms with Gasteiger partial charge in [0, 0.05) is 26.9 Å². The molecule has 0 amide bonds. The SMILES string of the molecule is CCOCCCCNCCOC. The highest BCUT2D eigenvalue weighted by atomic mass is 16.5. The molecule has 0 aromatic carbocycles. The Labute approximate surface area is 75.4 Å². The van der Waals surface area contributed by atoms with Gasteiger partial charge in [0.1, 0.15) is 0 Å². The Hall–Kier alpha value is -0.120. The molecular weight excluding hydrogens is 154 g/mol. The quantitative estimate of drug-likeness (QED) is 0.531. The molecule has 0 aliphatic heterocycles. The molecule has 0 aliphatic rings. The topological polar surface area (TPSA) is 30.5 Å². The van der Waals surface area contributed by atoms with Crippen molar-refractivity contribution in [2.45, 2.75) is 19.8 Å². The molecule has 0 fully saturated rings. The molecule has 12 heavy (non-hydrogen) atoms. The number of hydrogen-bond acceptors (Lipinski definition) is 3. The second kappa shape index (κ2) is 10.9. The molecule has 0 heterocycles. The predicted octanol–water partition coefficient (Wildman–Crippen LogP) is 1.04. The first-order valence-electron chi connectivity index (χ1n) is 4.69. The highest BCUT2D eigenvalue weighted by Crippen LogP contribution is 1.87. The summed E-state index contributed by atoms with van der Waals surface area (Å²) in [4.78, 5) is 0. The zero-order valence-corrected chi connectivity index (χ0v) is 8.27. The van der Waals surface area contributed by atoms with Crippen LogP contribution in [0, 0.1) is 0 Å². The van der Waals surface area contributed by atoms with E-state index in [0.717, 1.165) is 39.3 Å². The Bertz CT molecular complexity index is 68.9. The standard InChI is InChI=1S/C9H21NO2/c1-3-12-8-5-4-6-10-7-9-11-2/h10H,3-9H2,1-2H3. The van der Waals surface area contributed by atoms with Crippen molar-refractivity contribution in [1.29, 1.82) is 0 Å². The zero-order valence-electron chi connectivity index (χ0n) is 8.27. The molecular formula is C9H21NO2. The van der Waals surface area contributed by atoms with Crippen LogP contribution in [0.1, 0.15) is 19.8 Å². The summed E-state index contributed by atoms with van der Waals surface area (Å²) in [6, 6.07) is 0. The van der Waals surface area contributed by atoms with E-state index < -0.39 is 0 Å². The van der Waals surface area contributed by atoms with Crippen LogP contribution in [-0.2, 0) is 9.47 Å². The average Bonchev–Trinajstić information content (AvgIpc) is 2.10. The molecule has 1 N–H and O–H groups in total.